The van der Waals surface area contributed by atoms with Crippen molar-refractivity contribution in [3.63, 3.8) is 0 Å². The number of aryl methyl sites for hydroxylation is 1. The maximum absolute atomic E-state index is 13.2. The highest BCUT2D eigenvalue weighted by Gasteiger charge is 2.32. The number of fused-ring (bicyclic) bond motifs is 1. The molecule has 4 rings (SSSR count). The van der Waals surface area contributed by atoms with Crippen LogP contribution in [0.25, 0.3) is 11.0 Å². The Morgan fingerprint density at radius 2 is 1.82 bits per heavy atom. The van der Waals surface area contributed by atoms with Gasteiger partial charge in [0.2, 0.25) is 0 Å². The smallest absolute Gasteiger partial charge is 0.416 e. The molecule has 2 heterocycles. The number of hydrogen-bond acceptors (Lipinski definition) is 3. The van der Waals surface area contributed by atoms with Gasteiger partial charge < -0.3 is 14.6 Å². The van der Waals surface area contributed by atoms with Crippen LogP contribution >= 0.6 is 0 Å². The highest BCUT2D eigenvalue weighted by Crippen LogP contribution is 2.37. The number of alkyl halides is 3. The van der Waals surface area contributed by atoms with E-state index >= 15 is 0 Å². The van der Waals surface area contributed by atoms with Gasteiger partial charge in [0.1, 0.15) is 5.58 Å². The quantitative estimate of drug-likeness (QED) is 0.634. The molecular weight excluding hydrogens is 369 g/mol. The summed E-state index contributed by atoms with van der Waals surface area (Å²) in [6.45, 7) is 3.25. The van der Waals surface area contributed by atoms with Crippen LogP contribution in [0.3, 0.4) is 0 Å². The number of halogens is 3. The Balaban J connectivity index is 1.72. The van der Waals surface area contributed by atoms with E-state index in [4.69, 9.17) is 4.42 Å². The molecule has 1 amide bonds. The summed E-state index contributed by atoms with van der Waals surface area (Å²) in [5.41, 5.74) is 1.15. The molecule has 1 N–H and O–H groups in total. The van der Waals surface area contributed by atoms with E-state index in [1.165, 1.54) is 6.07 Å². The van der Waals surface area contributed by atoms with E-state index in [2.05, 4.69) is 5.32 Å². The number of hydrogen-bond donors (Lipinski definition) is 1. The molecule has 3 aromatic rings. The fourth-order valence-corrected chi connectivity index (χ4v) is 3.62. The number of rotatable bonds is 3. The van der Waals surface area contributed by atoms with E-state index in [1.54, 1.807) is 19.1 Å². The lowest BCUT2D eigenvalue weighted by molar-refractivity contribution is -0.137. The van der Waals surface area contributed by atoms with E-state index in [-0.39, 0.29) is 11.4 Å². The predicted octanol–water partition coefficient (Wildman–Crippen LogP) is 5.61. The Bertz CT molecular complexity index is 1030. The molecule has 0 atom stereocenters. The minimum Gasteiger partial charge on any atom is -0.451 e. The van der Waals surface area contributed by atoms with Crippen LogP contribution < -0.4 is 10.2 Å². The number of para-hydroxylation sites is 1. The number of furan rings is 1. The van der Waals surface area contributed by atoms with Crippen LogP contribution in [0.15, 0.2) is 46.9 Å². The molecule has 0 bridgehead atoms. The van der Waals surface area contributed by atoms with Crippen molar-refractivity contribution in [2.24, 2.45) is 0 Å². The second-order valence-electron chi connectivity index (χ2n) is 6.93. The van der Waals surface area contributed by atoms with Gasteiger partial charge in [0.25, 0.3) is 5.91 Å². The number of anilines is 2. The van der Waals surface area contributed by atoms with Gasteiger partial charge in [-0.15, -0.1) is 0 Å². The minimum absolute atomic E-state index is 0.103. The lowest BCUT2D eigenvalue weighted by atomic mass is 10.1. The van der Waals surface area contributed by atoms with Gasteiger partial charge in [0.15, 0.2) is 5.76 Å². The second-order valence-corrected chi connectivity index (χ2v) is 6.93. The second kappa shape index (κ2) is 6.89. The molecule has 4 nitrogen and oxygen atoms in total. The Hall–Kier alpha value is -2.96. The summed E-state index contributed by atoms with van der Waals surface area (Å²) >= 11 is 0. The van der Waals surface area contributed by atoms with E-state index in [1.807, 2.05) is 17.0 Å². The number of amides is 1. The molecule has 1 aliphatic heterocycles. The van der Waals surface area contributed by atoms with Gasteiger partial charge in [-0.05, 0) is 44.0 Å². The van der Waals surface area contributed by atoms with E-state index < -0.39 is 17.6 Å². The van der Waals surface area contributed by atoms with Crippen LogP contribution in [0.4, 0.5) is 24.5 Å². The molecule has 0 saturated carbocycles. The largest absolute Gasteiger partial charge is 0.451 e. The first-order chi connectivity index (χ1) is 13.3. The van der Waals surface area contributed by atoms with Gasteiger partial charge in [-0.3, -0.25) is 4.79 Å². The molecule has 1 saturated heterocycles. The third-order valence-corrected chi connectivity index (χ3v) is 5.07. The zero-order chi connectivity index (χ0) is 19.9. The van der Waals surface area contributed by atoms with Crippen molar-refractivity contribution in [2.45, 2.75) is 25.9 Å². The topological polar surface area (TPSA) is 45.5 Å². The first kappa shape index (κ1) is 18.4. The summed E-state index contributed by atoms with van der Waals surface area (Å²) < 4.78 is 45.2. The standard InChI is InChI=1S/C21H19F3N2O2/c1-13-15-6-2-3-7-18(15)28-19(13)20(27)25-16-12-14(21(22,23)24)8-9-17(16)26-10-4-5-11-26/h2-3,6-9,12H,4-5,10-11H2,1H3,(H,25,27). The third-order valence-electron chi connectivity index (χ3n) is 5.07. The fourth-order valence-electron chi connectivity index (χ4n) is 3.62. The summed E-state index contributed by atoms with van der Waals surface area (Å²) in [5, 5.41) is 3.45. The molecule has 1 aromatic heterocycles. The van der Waals surface area contributed by atoms with E-state index in [0.717, 1.165) is 43.5 Å². The molecule has 146 valence electrons. The summed E-state index contributed by atoms with van der Waals surface area (Å²) in [5.74, 6) is -0.459. The molecule has 2 aromatic carbocycles. The van der Waals surface area contributed by atoms with Crippen LogP contribution in [0.5, 0.6) is 0 Å². The normalized spacial score (nSPS) is 14.6. The zero-order valence-electron chi connectivity index (χ0n) is 15.3. The van der Waals surface area contributed by atoms with E-state index in [9.17, 15) is 18.0 Å². The molecule has 0 spiro atoms. The van der Waals surface area contributed by atoms with Crippen LogP contribution in [0, 0.1) is 6.92 Å². The lowest BCUT2D eigenvalue weighted by Crippen LogP contribution is -2.22. The average Bonchev–Trinajstić information content (AvgIpc) is 3.30. The van der Waals surface area contributed by atoms with Crippen LogP contribution in [-0.4, -0.2) is 19.0 Å². The molecular formula is C21H19F3N2O2. The summed E-state index contributed by atoms with van der Waals surface area (Å²) in [7, 11) is 0. The third kappa shape index (κ3) is 3.32. The maximum atomic E-state index is 13.2. The van der Waals surface area contributed by atoms with Gasteiger partial charge in [0, 0.05) is 24.0 Å². The van der Waals surface area contributed by atoms with Crippen LogP contribution in [-0.2, 0) is 6.18 Å². The summed E-state index contributed by atoms with van der Waals surface area (Å²) in [6, 6.07) is 10.7. The molecule has 28 heavy (non-hydrogen) atoms. The Morgan fingerprint density at radius 1 is 1.11 bits per heavy atom. The molecule has 0 unspecified atom stereocenters. The van der Waals surface area contributed by atoms with Crippen molar-refractivity contribution >= 4 is 28.3 Å². The number of nitrogens with zero attached hydrogens (tertiary/aromatic N) is 1. The average molecular weight is 388 g/mol. The number of carbonyl (C=O) groups excluding carboxylic acids is 1. The first-order valence-corrected chi connectivity index (χ1v) is 9.10. The minimum atomic E-state index is -4.49. The maximum Gasteiger partial charge on any atom is 0.416 e. The number of nitrogens with one attached hydrogen (secondary N) is 1. The summed E-state index contributed by atoms with van der Waals surface area (Å²) in [6.07, 6.45) is -2.55. The van der Waals surface area contributed by atoms with Crippen molar-refractivity contribution in [3.8, 4) is 0 Å². The van der Waals surface area contributed by atoms with Gasteiger partial charge in [0.05, 0.1) is 16.9 Å². The van der Waals surface area contributed by atoms with Crippen molar-refractivity contribution in [1.29, 1.82) is 0 Å². The van der Waals surface area contributed by atoms with Crippen molar-refractivity contribution in [1.82, 2.24) is 0 Å². The predicted molar refractivity (Wildman–Crippen MR) is 102 cm³/mol. The van der Waals surface area contributed by atoms with Crippen molar-refractivity contribution in [2.75, 3.05) is 23.3 Å². The Kier molecular flexibility index (Phi) is 4.53. The first-order valence-electron chi connectivity index (χ1n) is 9.10. The van der Waals surface area contributed by atoms with Crippen molar-refractivity contribution in [3.05, 3.63) is 59.4 Å². The Morgan fingerprint density at radius 3 is 2.50 bits per heavy atom. The fraction of sp³-hybridized carbons (Fsp3) is 0.286. The van der Waals surface area contributed by atoms with Crippen LogP contribution in [0.2, 0.25) is 0 Å². The van der Waals surface area contributed by atoms with E-state index in [0.29, 0.717) is 16.8 Å². The molecule has 1 fully saturated rings. The van der Waals surface area contributed by atoms with Gasteiger partial charge >= 0.3 is 6.18 Å². The SMILES string of the molecule is Cc1c(C(=O)Nc2cc(C(F)(F)F)ccc2N2CCCC2)oc2ccccc12. The number of benzene rings is 2. The summed E-state index contributed by atoms with van der Waals surface area (Å²) in [4.78, 5) is 14.8. The highest BCUT2D eigenvalue weighted by molar-refractivity contribution is 6.07. The van der Waals surface area contributed by atoms with Gasteiger partial charge in [-0.2, -0.15) is 13.2 Å². The zero-order valence-corrected chi connectivity index (χ0v) is 15.3. The molecule has 7 heteroatoms. The lowest BCUT2D eigenvalue weighted by Gasteiger charge is -2.22. The van der Waals surface area contributed by atoms with Crippen LogP contribution in [0.1, 0.15) is 34.5 Å². The highest BCUT2D eigenvalue weighted by atomic mass is 19.4. The molecule has 0 aliphatic carbocycles. The van der Waals surface area contributed by atoms with Gasteiger partial charge in [-0.25, -0.2) is 0 Å². The van der Waals surface area contributed by atoms with Crippen molar-refractivity contribution < 1.29 is 22.4 Å². The molecule has 0 radical (unpaired) electrons. The molecule has 1 aliphatic rings. The van der Waals surface area contributed by atoms with Gasteiger partial charge in [-0.1, -0.05) is 18.2 Å². The monoisotopic (exact) mass is 388 g/mol. The Labute approximate surface area is 159 Å². The number of carbonyl (C=O) groups is 1.